The summed E-state index contributed by atoms with van der Waals surface area (Å²) >= 11 is 0. The number of ether oxygens (including phenoxy) is 1. The first-order chi connectivity index (χ1) is 16.5. The Morgan fingerprint density at radius 1 is 0.941 bits per heavy atom. The molecule has 34 heavy (non-hydrogen) atoms. The van der Waals surface area contributed by atoms with Crippen molar-refractivity contribution < 1.29 is 19.1 Å². The van der Waals surface area contributed by atoms with Crippen LogP contribution in [0, 0.1) is 0 Å². The summed E-state index contributed by atoms with van der Waals surface area (Å²) in [6.07, 6.45) is 6.08. The van der Waals surface area contributed by atoms with Gasteiger partial charge in [-0.3, -0.25) is 19.1 Å². The van der Waals surface area contributed by atoms with Gasteiger partial charge >= 0.3 is 0 Å². The zero-order chi connectivity index (χ0) is 23.9. The molecule has 0 aromatic carbocycles. The molecule has 4 heterocycles. The van der Waals surface area contributed by atoms with Crippen molar-refractivity contribution in [3.63, 3.8) is 0 Å². The molecule has 0 atom stereocenters. The van der Waals surface area contributed by atoms with Crippen molar-refractivity contribution in [3.05, 3.63) is 17.0 Å². The SMILES string of the molecule is Cn1nc(C(=O)N2CCOCC2)c2c1CCN(C(=O)CCC(=O)NCCN1CCCCCC1)C2. The number of amides is 3. The molecule has 0 bridgehead atoms. The van der Waals surface area contributed by atoms with Gasteiger partial charge in [0.25, 0.3) is 5.91 Å². The van der Waals surface area contributed by atoms with Crippen molar-refractivity contribution in [2.24, 2.45) is 7.05 Å². The fourth-order valence-corrected chi connectivity index (χ4v) is 5.07. The molecule has 0 aliphatic carbocycles. The molecule has 1 aromatic rings. The number of likely N-dealkylation sites (tertiary alicyclic amines) is 1. The molecule has 3 amide bonds. The van der Waals surface area contributed by atoms with Gasteiger partial charge in [-0.2, -0.15) is 5.10 Å². The van der Waals surface area contributed by atoms with E-state index in [0.717, 1.165) is 30.9 Å². The largest absolute Gasteiger partial charge is 0.378 e. The van der Waals surface area contributed by atoms with Crippen LogP contribution in [0.1, 0.15) is 60.3 Å². The van der Waals surface area contributed by atoms with Gasteiger partial charge in [0.05, 0.1) is 13.2 Å². The van der Waals surface area contributed by atoms with Gasteiger partial charge in [0, 0.05) is 76.8 Å². The number of carbonyl (C=O) groups is 3. The highest BCUT2D eigenvalue weighted by atomic mass is 16.5. The number of fused-ring (bicyclic) bond motifs is 1. The Kier molecular flexibility index (Phi) is 8.55. The van der Waals surface area contributed by atoms with Crippen molar-refractivity contribution in [2.45, 2.75) is 51.5 Å². The molecule has 0 spiro atoms. The molecule has 188 valence electrons. The maximum Gasteiger partial charge on any atom is 0.274 e. The van der Waals surface area contributed by atoms with Crippen LogP contribution in [-0.4, -0.2) is 101 Å². The molecular weight excluding hydrogens is 436 g/mol. The number of aromatic nitrogens is 2. The highest BCUT2D eigenvalue weighted by molar-refractivity contribution is 5.94. The first-order valence-electron chi connectivity index (χ1n) is 12.7. The molecule has 4 rings (SSSR count). The normalized spacial score (nSPS) is 19.4. The molecule has 10 heteroatoms. The third-order valence-corrected chi connectivity index (χ3v) is 7.11. The molecule has 0 saturated carbocycles. The highest BCUT2D eigenvalue weighted by Gasteiger charge is 2.31. The van der Waals surface area contributed by atoms with Gasteiger partial charge in [0.15, 0.2) is 5.69 Å². The lowest BCUT2D eigenvalue weighted by Gasteiger charge is -2.29. The van der Waals surface area contributed by atoms with E-state index >= 15 is 0 Å². The maximum absolute atomic E-state index is 13.0. The van der Waals surface area contributed by atoms with Crippen LogP contribution in [0.2, 0.25) is 0 Å². The third-order valence-electron chi connectivity index (χ3n) is 7.11. The van der Waals surface area contributed by atoms with E-state index in [-0.39, 0.29) is 30.6 Å². The number of hydrogen-bond acceptors (Lipinski definition) is 6. The number of morpholine rings is 1. The van der Waals surface area contributed by atoms with Crippen LogP contribution >= 0.6 is 0 Å². The van der Waals surface area contributed by atoms with E-state index in [1.807, 2.05) is 7.05 Å². The van der Waals surface area contributed by atoms with E-state index in [9.17, 15) is 14.4 Å². The first-order valence-corrected chi connectivity index (χ1v) is 12.7. The Labute approximate surface area is 201 Å². The Balaban J connectivity index is 1.25. The molecule has 1 N–H and O–H groups in total. The molecule has 3 aliphatic rings. The van der Waals surface area contributed by atoms with Crippen LogP contribution in [0.3, 0.4) is 0 Å². The minimum absolute atomic E-state index is 0.0538. The first kappa shape index (κ1) is 24.7. The lowest BCUT2D eigenvalue weighted by atomic mass is 10.0. The quantitative estimate of drug-likeness (QED) is 0.620. The van der Waals surface area contributed by atoms with Crippen LogP contribution < -0.4 is 5.32 Å². The minimum atomic E-state index is -0.0989. The average Bonchev–Trinajstić information content (AvgIpc) is 3.01. The molecule has 10 nitrogen and oxygen atoms in total. The average molecular weight is 475 g/mol. The third kappa shape index (κ3) is 6.15. The molecule has 1 aromatic heterocycles. The van der Waals surface area contributed by atoms with Crippen molar-refractivity contribution in [1.29, 1.82) is 0 Å². The number of aryl methyl sites for hydroxylation is 1. The summed E-state index contributed by atoms with van der Waals surface area (Å²) in [5.74, 6) is -0.231. The van der Waals surface area contributed by atoms with Crippen LogP contribution in [0.15, 0.2) is 0 Å². The Morgan fingerprint density at radius 3 is 2.41 bits per heavy atom. The molecule has 2 fully saturated rings. The standard InChI is InChI=1S/C24H38N6O4/c1-27-20-8-12-30(18-19(20)23(26-27)24(33)29-14-16-34-17-15-29)22(32)7-6-21(31)25-9-13-28-10-4-2-3-5-11-28/h2-18H2,1H3,(H,25,31). The number of hydrogen-bond donors (Lipinski definition) is 1. The minimum Gasteiger partial charge on any atom is -0.378 e. The number of nitrogens with zero attached hydrogens (tertiary/aromatic N) is 5. The van der Waals surface area contributed by atoms with Crippen LogP contribution in [0.5, 0.6) is 0 Å². The second-order valence-electron chi connectivity index (χ2n) is 9.47. The topological polar surface area (TPSA) is 100 Å². The summed E-state index contributed by atoms with van der Waals surface area (Å²) < 4.78 is 7.12. The predicted molar refractivity (Wildman–Crippen MR) is 126 cm³/mol. The summed E-state index contributed by atoms with van der Waals surface area (Å²) in [5.41, 5.74) is 2.27. The Hall–Kier alpha value is -2.46. The summed E-state index contributed by atoms with van der Waals surface area (Å²) in [7, 11) is 1.85. The van der Waals surface area contributed by atoms with Gasteiger partial charge in [-0.25, -0.2) is 0 Å². The zero-order valence-corrected chi connectivity index (χ0v) is 20.4. The van der Waals surface area contributed by atoms with Crippen molar-refractivity contribution in [3.8, 4) is 0 Å². The lowest BCUT2D eigenvalue weighted by Crippen LogP contribution is -2.42. The predicted octanol–water partition coefficient (Wildman–Crippen LogP) is 0.550. The molecular formula is C24H38N6O4. The van der Waals surface area contributed by atoms with Crippen LogP contribution in [-0.2, 0) is 34.3 Å². The number of carbonyl (C=O) groups excluding carboxylic acids is 3. The maximum atomic E-state index is 13.0. The molecule has 0 unspecified atom stereocenters. The summed E-state index contributed by atoms with van der Waals surface area (Å²) in [6, 6.07) is 0. The van der Waals surface area contributed by atoms with E-state index < -0.39 is 0 Å². The van der Waals surface area contributed by atoms with Gasteiger partial charge < -0.3 is 24.8 Å². The lowest BCUT2D eigenvalue weighted by molar-refractivity contribution is -0.134. The van der Waals surface area contributed by atoms with Crippen molar-refractivity contribution in [1.82, 2.24) is 29.8 Å². The molecule has 0 radical (unpaired) electrons. The van der Waals surface area contributed by atoms with E-state index in [1.54, 1.807) is 14.5 Å². The van der Waals surface area contributed by atoms with Gasteiger partial charge in [-0.05, 0) is 25.9 Å². The Morgan fingerprint density at radius 2 is 1.68 bits per heavy atom. The van der Waals surface area contributed by atoms with Gasteiger partial charge in [-0.15, -0.1) is 0 Å². The van der Waals surface area contributed by atoms with Crippen LogP contribution in [0.25, 0.3) is 0 Å². The smallest absolute Gasteiger partial charge is 0.274 e. The van der Waals surface area contributed by atoms with Gasteiger partial charge in [0.1, 0.15) is 0 Å². The number of rotatable bonds is 7. The monoisotopic (exact) mass is 474 g/mol. The second-order valence-corrected chi connectivity index (χ2v) is 9.47. The van der Waals surface area contributed by atoms with E-state index in [4.69, 9.17) is 4.74 Å². The van der Waals surface area contributed by atoms with E-state index in [2.05, 4.69) is 15.3 Å². The zero-order valence-electron chi connectivity index (χ0n) is 20.4. The van der Waals surface area contributed by atoms with Crippen molar-refractivity contribution >= 4 is 17.7 Å². The van der Waals surface area contributed by atoms with Gasteiger partial charge in [-0.1, -0.05) is 12.8 Å². The summed E-state index contributed by atoms with van der Waals surface area (Å²) in [5, 5.41) is 7.45. The van der Waals surface area contributed by atoms with Crippen LogP contribution in [0.4, 0.5) is 0 Å². The van der Waals surface area contributed by atoms with E-state index in [1.165, 1.54) is 25.7 Å². The fourth-order valence-electron chi connectivity index (χ4n) is 5.07. The second kappa shape index (κ2) is 11.8. The van der Waals surface area contributed by atoms with E-state index in [0.29, 0.717) is 58.1 Å². The molecule has 2 saturated heterocycles. The molecule has 3 aliphatic heterocycles. The fraction of sp³-hybridized carbons (Fsp3) is 0.750. The summed E-state index contributed by atoms with van der Waals surface area (Å²) in [4.78, 5) is 44.1. The Bertz CT molecular complexity index is 871. The number of nitrogens with one attached hydrogen (secondary N) is 1. The summed E-state index contributed by atoms with van der Waals surface area (Å²) in [6.45, 7) is 6.83. The van der Waals surface area contributed by atoms with Gasteiger partial charge in [0.2, 0.25) is 11.8 Å². The highest BCUT2D eigenvalue weighted by Crippen LogP contribution is 2.24. The van der Waals surface area contributed by atoms with Crippen molar-refractivity contribution in [2.75, 3.05) is 59.0 Å².